The summed E-state index contributed by atoms with van der Waals surface area (Å²) in [6.45, 7) is 1.87. The predicted octanol–water partition coefficient (Wildman–Crippen LogP) is 3.95. The Bertz CT molecular complexity index is 541. The minimum absolute atomic E-state index is 0.168. The molecular weight excluding hydrogens is 224 g/mol. The van der Waals surface area contributed by atoms with Crippen molar-refractivity contribution < 1.29 is 9.53 Å². The van der Waals surface area contributed by atoms with E-state index in [1.807, 2.05) is 55.5 Å². The second kappa shape index (κ2) is 5.50. The van der Waals surface area contributed by atoms with E-state index in [1.165, 1.54) is 0 Å². The second-order valence-corrected chi connectivity index (χ2v) is 4.05. The lowest BCUT2D eigenvalue weighted by atomic mass is 10.0. The third kappa shape index (κ3) is 2.43. The Morgan fingerprint density at radius 1 is 1.06 bits per heavy atom. The van der Waals surface area contributed by atoms with Gasteiger partial charge in [0.1, 0.15) is 5.75 Å². The first-order chi connectivity index (χ1) is 8.76. The molecule has 0 aromatic heterocycles. The molecular formula is C16H16O2. The molecule has 0 N–H and O–H groups in total. The lowest BCUT2D eigenvalue weighted by Crippen LogP contribution is -1.95. The number of ether oxygens (including phenoxy) is 1. The van der Waals surface area contributed by atoms with Gasteiger partial charge in [-0.15, -0.1) is 0 Å². The van der Waals surface area contributed by atoms with E-state index in [0.717, 1.165) is 22.4 Å². The molecule has 2 heteroatoms. The molecule has 0 unspecified atom stereocenters. The molecule has 2 nitrogen and oxygen atoms in total. The van der Waals surface area contributed by atoms with E-state index in [9.17, 15) is 4.79 Å². The van der Waals surface area contributed by atoms with E-state index in [-0.39, 0.29) is 5.78 Å². The second-order valence-electron chi connectivity index (χ2n) is 4.05. The zero-order valence-electron chi connectivity index (χ0n) is 10.6. The minimum atomic E-state index is 0.168. The quantitative estimate of drug-likeness (QED) is 0.756. The fourth-order valence-corrected chi connectivity index (χ4v) is 1.92. The van der Waals surface area contributed by atoms with Gasteiger partial charge in [0.15, 0.2) is 5.78 Å². The van der Waals surface area contributed by atoms with E-state index >= 15 is 0 Å². The highest BCUT2D eigenvalue weighted by molar-refractivity contribution is 5.96. The van der Waals surface area contributed by atoms with Crippen molar-refractivity contribution in [1.29, 1.82) is 0 Å². The monoisotopic (exact) mass is 240 g/mol. The Kier molecular flexibility index (Phi) is 3.78. The number of ketones is 1. The van der Waals surface area contributed by atoms with Crippen molar-refractivity contribution in [2.24, 2.45) is 0 Å². The maximum atomic E-state index is 11.6. The van der Waals surface area contributed by atoms with Crippen LogP contribution in [0, 0.1) is 0 Å². The van der Waals surface area contributed by atoms with Gasteiger partial charge in [-0.1, -0.05) is 49.4 Å². The molecule has 0 atom stereocenters. The third-order valence-corrected chi connectivity index (χ3v) is 2.95. The van der Waals surface area contributed by atoms with E-state index < -0.39 is 0 Å². The number of Topliss-reactive ketones (excluding diaryl/α,β-unsaturated/α-hetero) is 1. The van der Waals surface area contributed by atoms with Gasteiger partial charge >= 0.3 is 0 Å². The van der Waals surface area contributed by atoms with Crippen LogP contribution in [-0.4, -0.2) is 12.9 Å². The summed E-state index contributed by atoms with van der Waals surface area (Å²) in [5.41, 5.74) is 2.85. The number of para-hydroxylation sites is 1. The van der Waals surface area contributed by atoms with Crippen LogP contribution < -0.4 is 4.74 Å². The third-order valence-electron chi connectivity index (χ3n) is 2.95. The van der Waals surface area contributed by atoms with Crippen LogP contribution in [0.3, 0.4) is 0 Å². The van der Waals surface area contributed by atoms with Gasteiger partial charge in [-0.25, -0.2) is 0 Å². The molecule has 0 radical (unpaired) electrons. The van der Waals surface area contributed by atoms with E-state index in [1.54, 1.807) is 7.11 Å². The van der Waals surface area contributed by atoms with E-state index in [2.05, 4.69) is 0 Å². The average Bonchev–Trinajstić information content (AvgIpc) is 2.46. The van der Waals surface area contributed by atoms with Crippen molar-refractivity contribution in [3.8, 4) is 16.9 Å². The summed E-state index contributed by atoms with van der Waals surface area (Å²) in [7, 11) is 1.66. The topological polar surface area (TPSA) is 26.3 Å². The SMILES string of the molecule is CCC(=O)c1ccc(-c2ccccc2OC)cc1. The highest BCUT2D eigenvalue weighted by atomic mass is 16.5. The number of rotatable bonds is 4. The van der Waals surface area contributed by atoms with Gasteiger partial charge in [0.25, 0.3) is 0 Å². The number of benzene rings is 2. The fourth-order valence-electron chi connectivity index (χ4n) is 1.92. The number of methoxy groups -OCH3 is 1. The molecule has 2 aromatic carbocycles. The molecule has 0 saturated carbocycles. The minimum Gasteiger partial charge on any atom is -0.496 e. The van der Waals surface area contributed by atoms with Crippen molar-refractivity contribution >= 4 is 5.78 Å². The summed E-state index contributed by atoms with van der Waals surface area (Å²) in [5.74, 6) is 1.01. The largest absolute Gasteiger partial charge is 0.496 e. The lowest BCUT2D eigenvalue weighted by molar-refractivity contribution is 0.0988. The molecule has 0 amide bonds. The van der Waals surface area contributed by atoms with Crippen molar-refractivity contribution in [2.75, 3.05) is 7.11 Å². The molecule has 0 bridgehead atoms. The molecule has 2 rings (SSSR count). The summed E-state index contributed by atoms with van der Waals surface area (Å²) >= 11 is 0. The number of carbonyl (C=O) groups is 1. The Morgan fingerprint density at radius 3 is 2.33 bits per heavy atom. The van der Waals surface area contributed by atoms with Crippen molar-refractivity contribution in [3.05, 3.63) is 54.1 Å². The van der Waals surface area contributed by atoms with Crippen LogP contribution in [0.5, 0.6) is 5.75 Å². The number of carbonyl (C=O) groups excluding carboxylic acids is 1. The zero-order chi connectivity index (χ0) is 13.0. The Balaban J connectivity index is 2.37. The smallest absolute Gasteiger partial charge is 0.162 e. The molecule has 92 valence electrons. The summed E-state index contributed by atoms with van der Waals surface area (Å²) in [6, 6.07) is 15.5. The molecule has 0 fully saturated rings. The summed E-state index contributed by atoms with van der Waals surface area (Å²) in [5, 5.41) is 0. The Morgan fingerprint density at radius 2 is 1.72 bits per heavy atom. The van der Waals surface area contributed by atoms with Crippen LogP contribution in [0.2, 0.25) is 0 Å². The first-order valence-electron chi connectivity index (χ1n) is 6.03. The number of hydrogen-bond acceptors (Lipinski definition) is 2. The van der Waals surface area contributed by atoms with Gasteiger partial charge in [0, 0.05) is 17.5 Å². The molecule has 0 spiro atoms. The van der Waals surface area contributed by atoms with E-state index in [0.29, 0.717) is 6.42 Å². The van der Waals surface area contributed by atoms with Gasteiger partial charge < -0.3 is 4.74 Å². The zero-order valence-corrected chi connectivity index (χ0v) is 10.6. The first-order valence-corrected chi connectivity index (χ1v) is 6.03. The number of hydrogen-bond donors (Lipinski definition) is 0. The molecule has 2 aromatic rings. The predicted molar refractivity (Wildman–Crippen MR) is 73.1 cm³/mol. The average molecular weight is 240 g/mol. The Hall–Kier alpha value is -2.09. The first kappa shape index (κ1) is 12.4. The molecule has 0 aliphatic carbocycles. The van der Waals surface area contributed by atoms with Crippen molar-refractivity contribution in [2.45, 2.75) is 13.3 Å². The Labute approximate surface area is 107 Å². The van der Waals surface area contributed by atoms with Crippen LogP contribution in [0.4, 0.5) is 0 Å². The van der Waals surface area contributed by atoms with Crippen LogP contribution in [-0.2, 0) is 0 Å². The van der Waals surface area contributed by atoms with Gasteiger partial charge in [-0.05, 0) is 11.6 Å². The summed E-state index contributed by atoms with van der Waals surface area (Å²) in [6.07, 6.45) is 0.536. The van der Waals surface area contributed by atoms with Crippen molar-refractivity contribution in [3.63, 3.8) is 0 Å². The van der Waals surface area contributed by atoms with E-state index in [4.69, 9.17) is 4.74 Å². The maximum absolute atomic E-state index is 11.6. The maximum Gasteiger partial charge on any atom is 0.162 e. The molecule has 0 aliphatic rings. The normalized spacial score (nSPS) is 10.1. The standard InChI is InChI=1S/C16H16O2/c1-3-15(17)13-10-8-12(9-11-13)14-6-4-5-7-16(14)18-2/h4-11H,3H2,1-2H3. The highest BCUT2D eigenvalue weighted by Gasteiger charge is 2.06. The molecule has 0 heterocycles. The highest BCUT2D eigenvalue weighted by Crippen LogP contribution is 2.29. The van der Waals surface area contributed by atoms with Crippen LogP contribution >= 0.6 is 0 Å². The molecule has 0 saturated heterocycles. The lowest BCUT2D eigenvalue weighted by Gasteiger charge is -2.08. The fraction of sp³-hybridized carbons (Fsp3) is 0.188. The van der Waals surface area contributed by atoms with Crippen LogP contribution in [0.15, 0.2) is 48.5 Å². The molecule has 0 aliphatic heterocycles. The summed E-state index contributed by atoms with van der Waals surface area (Å²) in [4.78, 5) is 11.6. The van der Waals surface area contributed by atoms with Crippen LogP contribution in [0.1, 0.15) is 23.7 Å². The van der Waals surface area contributed by atoms with Gasteiger partial charge in [0.05, 0.1) is 7.11 Å². The van der Waals surface area contributed by atoms with Gasteiger partial charge in [0.2, 0.25) is 0 Å². The van der Waals surface area contributed by atoms with Gasteiger partial charge in [-0.3, -0.25) is 4.79 Å². The van der Waals surface area contributed by atoms with Crippen LogP contribution in [0.25, 0.3) is 11.1 Å². The summed E-state index contributed by atoms with van der Waals surface area (Å²) < 4.78 is 5.33. The van der Waals surface area contributed by atoms with Crippen molar-refractivity contribution in [1.82, 2.24) is 0 Å². The molecule has 18 heavy (non-hydrogen) atoms. The van der Waals surface area contributed by atoms with Gasteiger partial charge in [-0.2, -0.15) is 0 Å².